The Labute approximate surface area is 92.7 Å². The summed E-state index contributed by atoms with van der Waals surface area (Å²) in [5, 5.41) is 10.9. The Bertz CT molecular complexity index is 576. The van der Waals surface area contributed by atoms with Crippen molar-refractivity contribution >= 4 is 21.7 Å². The molecule has 1 heterocycles. The van der Waals surface area contributed by atoms with E-state index in [2.05, 4.69) is 22.3 Å². The van der Waals surface area contributed by atoms with Gasteiger partial charge in [0.2, 0.25) is 10.0 Å². The number of hydrogen-bond acceptors (Lipinski definition) is 4. The number of sulfonamides is 1. The molecule has 0 unspecified atom stereocenters. The number of primary sulfonamides is 1. The van der Waals surface area contributed by atoms with Gasteiger partial charge in [-0.1, -0.05) is 5.92 Å². The summed E-state index contributed by atoms with van der Waals surface area (Å²) >= 11 is 0. The zero-order valence-electron chi connectivity index (χ0n) is 8.68. The van der Waals surface area contributed by atoms with E-state index in [9.17, 15) is 13.2 Å². The number of nitrogens with zero attached hydrogens (tertiary/aromatic N) is 2. The van der Waals surface area contributed by atoms with E-state index in [1.807, 2.05) is 0 Å². The van der Waals surface area contributed by atoms with Gasteiger partial charge in [0.25, 0.3) is 0 Å². The molecule has 1 aromatic heterocycles. The van der Waals surface area contributed by atoms with Gasteiger partial charge in [-0.2, -0.15) is 5.10 Å². The van der Waals surface area contributed by atoms with Crippen molar-refractivity contribution in [3.63, 3.8) is 0 Å². The van der Waals surface area contributed by atoms with Crippen LogP contribution >= 0.6 is 0 Å². The summed E-state index contributed by atoms with van der Waals surface area (Å²) in [5.74, 6) is 3.80. The van der Waals surface area contributed by atoms with Crippen molar-refractivity contribution in [1.82, 2.24) is 9.78 Å². The number of hydrogen-bond donors (Lipinski definition) is 2. The van der Waals surface area contributed by atoms with Crippen LogP contribution in [-0.4, -0.2) is 24.1 Å². The summed E-state index contributed by atoms with van der Waals surface area (Å²) in [6, 6.07) is 0. The highest BCUT2D eigenvalue weighted by atomic mass is 32.2. The molecule has 0 aliphatic carbocycles. The van der Waals surface area contributed by atoms with Crippen LogP contribution < -0.4 is 10.5 Å². The fourth-order valence-corrected chi connectivity index (χ4v) is 1.67. The molecule has 7 nitrogen and oxygen atoms in total. The Morgan fingerprint density at radius 2 is 2.25 bits per heavy atom. The second kappa shape index (κ2) is 4.34. The fraction of sp³-hybridized carbons (Fsp3) is 0.250. The average molecular weight is 242 g/mol. The number of amides is 1. The molecule has 8 heteroatoms. The van der Waals surface area contributed by atoms with Crippen LogP contribution in [0.5, 0.6) is 0 Å². The Balaban J connectivity index is 3.13. The summed E-state index contributed by atoms with van der Waals surface area (Å²) in [5.41, 5.74) is 0. The molecule has 0 radical (unpaired) electrons. The highest BCUT2D eigenvalue weighted by Gasteiger charge is 2.19. The van der Waals surface area contributed by atoms with Gasteiger partial charge in [0.05, 0.1) is 0 Å². The molecular formula is C8H10N4O3S. The molecular weight excluding hydrogens is 232 g/mol. The lowest BCUT2D eigenvalue weighted by Crippen LogP contribution is -2.16. The minimum atomic E-state index is -3.92. The first kappa shape index (κ1) is 12.2. The van der Waals surface area contributed by atoms with Crippen LogP contribution in [-0.2, 0) is 21.9 Å². The predicted molar refractivity (Wildman–Crippen MR) is 56.7 cm³/mol. The van der Waals surface area contributed by atoms with Gasteiger partial charge in [-0.3, -0.25) is 14.8 Å². The van der Waals surface area contributed by atoms with Crippen LogP contribution in [0.4, 0.5) is 5.82 Å². The summed E-state index contributed by atoms with van der Waals surface area (Å²) in [6.45, 7) is 1.48. The minimum Gasteiger partial charge on any atom is -0.297 e. The van der Waals surface area contributed by atoms with E-state index in [1.165, 1.54) is 24.9 Å². The van der Waals surface area contributed by atoms with Crippen molar-refractivity contribution in [2.75, 3.05) is 5.32 Å². The predicted octanol–water partition coefficient (Wildman–Crippen LogP) is -0.971. The van der Waals surface area contributed by atoms with Gasteiger partial charge in [0.15, 0.2) is 5.82 Å². The van der Waals surface area contributed by atoms with E-state index in [0.717, 1.165) is 0 Å². The molecule has 16 heavy (non-hydrogen) atoms. The van der Waals surface area contributed by atoms with Gasteiger partial charge in [-0.15, -0.1) is 0 Å². The molecule has 0 aromatic carbocycles. The quantitative estimate of drug-likeness (QED) is 0.650. The third-order valence-corrected chi connectivity index (χ3v) is 2.48. The third-order valence-electron chi connectivity index (χ3n) is 1.57. The van der Waals surface area contributed by atoms with Crippen molar-refractivity contribution in [3.05, 3.63) is 6.20 Å². The number of carbonyl (C=O) groups is 1. The van der Waals surface area contributed by atoms with Crippen molar-refractivity contribution in [1.29, 1.82) is 0 Å². The monoisotopic (exact) mass is 242 g/mol. The molecule has 0 saturated heterocycles. The summed E-state index contributed by atoms with van der Waals surface area (Å²) in [7, 11) is -2.41. The maximum Gasteiger partial charge on any atom is 0.301 e. The van der Waals surface area contributed by atoms with Crippen LogP contribution in [0.3, 0.4) is 0 Å². The molecule has 1 rings (SSSR count). The Hall–Kier alpha value is -1.85. The molecule has 0 spiro atoms. The topological polar surface area (TPSA) is 107 Å². The maximum atomic E-state index is 11.1. The van der Waals surface area contributed by atoms with Crippen LogP contribution in [0.2, 0.25) is 0 Å². The zero-order chi connectivity index (χ0) is 12.3. The van der Waals surface area contributed by atoms with Crippen LogP contribution in [0, 0.1) is 11.8 Å². The lowest BCUT2D eigenvalue weighted by Gasteiger charge is -1.98. The Kier molecular flexibility index (Phi) is 3.31. The van der Waals surface area contributed by atoms with Gasteiger partial charge < -0.3 is 0 Å². The Morgan fingerprint density at radius 3 is 2.75 bits per heavy atom. The van der Waals surface area contributed by atoms with Crippen molar-refractivity contribution in [2.24, 2.45) is 12.2 Å². The maximum absolute atomic E-state index is 11.1. The van der Waals surface area contributed by atoms with Crippen molar-refractivity contribution in [2.45, 2.75) is 11.8 Å². The number of aromatic nitrogens is 2. The van der Waals surface area contributed by atoms with Crippen molar-refractivity contribution in [3.8, 4) is 11.8 Å². The van der Waals surface area contributed by atoms with E-state index >= 15 is 0 Å². The standard InChI is InChI=1S/C8H10N4O3S/c1-3-4-7(13)10-8-6(16(9,14)15)5-12(2)11-8/h5H,1-2H3,(H2,9,14,15)(H,10,11,13). The normalized spacial score (nSPS) is 10.4. The average Bonchev–Trinajstić information content (AvgIpc) is 2.46. The van der Waals surface area contributed by atoms with Gasteiger partial charge in [-0.25, -0.2) is 13.6 Å². The molecule has 0 aliphatic rings. The van der Waals surface area contributed by atoms with Crippen LogP contribution in [0.15, 0.2) is 11.1 Å². The zero-order valence-corrected chi connectivity index (χ0v) is 9.50. The molecule has 0 saturated carbocycles. The first-order valence-electron chi connectivity index (χ1n) is 4.14. The minimum absolute atomic E-state index is 0.127. The van der Waals surface area contributed by atoms with E-state index in [0.29, 0.717) is 0 Å². The smallest absolute Gasteiger partial charge is 0.297 e. The first-order chi connectivity index (χ1) is 7.34. The molecule has 0 bridgehead atoms. The third kappa shape index (κ3) is 2.82. The van der Waals surface area contributed by atoms with Gasteiger partial charge in [-0.05, 0) is 12.8 Å². The molecule has 0 atom stereocenters. The van der Waals surface area contributed by atoms with Crippen LogP contribution in [0.1, 0.15) is 6.92 Å². The van der Waals surface area contributed by atoms with E-state index in [4.69, 9.17) is 5.14 Å². The summed E-state index contributed by atoms with van der Waals surface area (Å²) in [4.78, 5) is 10.9. The summed E-state index contributed by atoms with van der Waals surface area (Å²) in [6.07, 6.45) is 1.20. The van der Waals surface area contributed by atoms with E-state index in [1.54, 1.807) is 0 Å². The first-order valence-corrected chi connectivity index (χ1v) is 5.69. The SMILES string of the molecule is CC#CC(=O)Nc1nn(C)cc1S(N)(=O)=O. The van der Waals surface area contributed by atoms with Gasteiger partial charge in [0, 0.05) is 13.2 Å². The largest absolute Gasteiger partial charge is 0.301 e. The highest BCUT2D eigenvalue weighted by Crippen LogP contribution is 2.16. The second-order valence-electron chi connectivity index (χ2n) is 2.89. The molecule has 86 valence electrons. The molecule has 1 aromatic rings. The van der Waals surface area contributed by atoms with E-state index in [-0.39, 0.29) is 10.7 Å². The fourth-order valence-electron chi connectivity index (χ4n) is 1.01. The van der Waals surface area contributed by atoms with Gasteiger partial charge >= 0.3 is 5.91 Å². The number of aryl methyl sites for hydroxylation is 1. The molecule has 0 aliphatic heterocycles. The number of nitrogens with one attached hydrogen (secondary N) is 1. The molecule has 1 amide bonds. The van der Waals surface area contributed by atoms with E-state index < -0.39 is 15.9 Å². The van der Waals surface area contributed by atoms with Gasteiger partial charge in [0.1, 0.15) is 4.90 Å². The number of carbonyl (C=O) groups excluding carboxylic acids is 1. The Morgan fingerprint density at radius 1 is 1.62 bits per heavy atom. The summed E-state index contributed by atoms with van der Waals surface area (Å²) < 4.78 is 23.5. The number of rotatable bonds is 2. The molecule has 0 fully saturated rings. The van der Waals surface area contributed by atoms with Crippen molar-refractivity contribution < 1.29 is 13.2 Å². The number of anilines is 1. The lowest BCUT2D eigenvalue weighted by molar-refractivity contribution is -0.111. The van der Waals surface area contributed by atoms with Crippen LogP contribution in [0.25, 0.3) is 0 Å². The number of nitrogens with two attached hydrogens (primary N) is 1. The highest BCUT2D eigenvalue weighted by molar-refractivity contribution is 7.89. The molecule has 3 N–H and O–H groups in total. The lowest BCUT2D eigenvalue weighted by atomic mass is 10.5. The second-order valence-corrected chi connectivity index (χ2v) is 4.42.